The van der Waals surface area contributed by atoms with Gasteiger partial charge in [-0.2, -0.15) is 0 Å². The SMILES string of the molecule is CC1(c2ncc3c(n2)CCC(CNC2CC2)C3)CCCO1. The molecule has 2 atom stereocenters. The average Bonchev–Trinajstić information content (AvgIpc) is 3.24. The summed E-state index contributed by atoms with van der Waals surface area (Å²) in [4.78, 5) is 9.48. The van der Waals surface area contributed by atoms with Crippen LogP contribution in [-0.2, 0) is 23.2 Å². The van der Waals surface area contributed by atoms with Crippen molar-refractivity contribution in [3.8, 4) is 0 Å². The molecule has 1 aromatic rings. The van der Waals surface area contributed by atoms with E-state index in [4.69, 9.17) is 9.72 Å². The van der Waals surface area contributed by atoms with Crippen LogP contribution in [0.2, 0.25) is 0 Å². The molecular formula is C17H25N3O. The molecule has 2 aliphatic carbocycles. The molecule has 4 rings (SSSR count). The third-order valence-electron chi connectivity index (χ3n) is 5.22. The number of hydrogen-bond donors (Lipinski definition) is 1. The summed E-state index contributed by atoms with van der Waals surface area (Å²) in [5, 5.41) is 3.66. The Hall–Kier alpha value is -1.00. The molecule has 1 aliphatic heterocycles. The van der Waals surface area contributed by atoms with Gasteiger partial charge in [0.15, 0.2) is 5.82 Å². The van der Waals surface area contributed by atoms with Crippen molar-refractivity contribution in [2.45, 2.75) is 63.5 Å². The largest absolute Gasteiger partial charge is 0.367 e. The summed E-state index contributed by atoms with van der Waals surface area (Å²) in [5.74, 6) is 1.65. The molecule has 2 heterocycles. The Labute approximate surface area is 126 Å². The molecule has 3 aliphatic rings. The number of hydrogen-bond acceptors (Lipinski definition) is 4. The number of aryl methyl sites for hydroxylation is 1. The third kappa shape index (κ3) is 2.84. The summed E-state index contributed by atoms with van der Waals surface area (Å²) in [6, 6.07) is 0.810. The van der Waals surface area contributed by atoms with Gasteiger partial charge in [0.2, 0.25) is 0 Å². The van der Waals surface area contributed by atoms with E-state index < -0.39 is 0 Å². The Bertz CT molecular complexity index is 521. The molecule has 1 N–H and O–H groups in total. The molecular weight excluding hydrogens is 262 g/mol. The van der Waals surface area contributed by atoms with E-state index in [1.807, 2.05) is 0 Å². The second-order valence-electron chi connectivity index (χ2n) is 7.14. The number of ether oxygens (including phenoxy) is 1. The minimum absolute atomic E-state index is 0.251. The van der Waals surface area contributed by atoms with E-state index in [0.29, 0.717) is 0 Å². The second-order valence-corrected chi connectivity index (χ2v) is 7.14. The van der Waals surface area contributed by atoms with Gasteiger partial charge < -0.3 is 10.1 Å². The van der Waals surface area contributed by atoms with Gasteiger partial charge in [0.1, 0.15) is 5.60 Å². The number of rotatable bonds is 4. The summed E-state index contributed by atoms with van der Waals surface area (Å²) in [6.45, 7) is 4.13. The summed E-state index contributed by atoms with van der Waals surface area (Å²) in [6.07, 6.45) is 10.4. The number of nitrogens with zero attached hydrogens (tertiary/aromatic N) is 2. The molecule has 1 saturated carbocycles. The molecule has 4 nitrogen and oxygen atoms in total. The monoisotopic (exact) mass is 287 g/mol. The van der Waals surface area contributed by atoms with Crippen molar-refractivity contribution in [2.24, 2.45) is 5.92 Å². The Morgan fingerprint density at radius 2 is 2.29 bits per heavy atom. The Balaban J connectivity index is 1.46. The van der Waals surface area contributed by atoms with Crippen LogP contribution in [0.4, 0.5) is 0 Å². The zero-order chi connectivity index (χ0) is 14.3. The summed E-state index contributed by atoms with van der Waals surface area (Å²) in [7, 11) is 0. The van der Waals surface area contributed by atoms with Gasteiger partial charge in [0, 0.05) is 24.5 Å². The van der Waals surface area contributed by atoms with Crippen molar-refractivity contribution in [2.75, 3.05) is 13.2 Å². The Kier molecular flexibility index (Phi) is 3.46. The Morgan fingerprint density at radius 1 is 1.38 bits per heavy atom. The van der Waals surface area contributed by atoms with E-state index in [1.165, 1.54) is 30.5 Å². The van der Waals surface area contributed by atoms with Crippen LogP contribution in [0, 0.1) is 5.92 Å². The van der Waals surface area contributed by atoms with Crippen LogP contribution >= 0.6 is 0 Å². The van der Waals surface area contributed by atoms with Gasteiger partial charge in [0.25, 0.3) is 0 Å². The lowest BCUT2D eigenvalue weighted by atomic mass is 9.87. The molecule has 2 unspecified atom stereocenters. The molecule has 2 fully saturated rings. The molecule has 0 radical (unpaired) electrons. The minimum atomic E-state index is -0.251. The fourth-order valence-electron chi connectivity index (χ4n) is 3.59. The second kappa shape index (κ2) is 5.33. The zero-order valence-electron chi connectivity index (χ0n) is 12.9. The zero-order valence-corrected chi connectivity index (χ0v) is 12.9. The maximum absolute atomic E-state index is 5.88. The van der Waals surface area contributed by atoms with Gasteiger partial charge in [-0.1, -0.05) is 0 Å². The van der Waals surface area contributed by atoms with Gasteiger partial charge in [-0.05, 0) is 69.9 Å². The van der Waals surface area contributed by atoms with Crippen molar-refractivity contribution in [3.05, 3.63) is 23.3 Å². The third-order valence-corrected chi connectivity index (χ3v) is 5.22. The normalized spacial score (nSPS) is 32.1. The predicted molar refractivity (Wildman–Crippen MR) is 81.1 cm³/mol. The maximum Gasteiger partial charge on any atom is 0.160 e. The molecule has 4 heteroatoms. The lowest BCUT2D eigenvalue weighted by molar-refractivity contribution is 0.00903. The molecule has 0 spiro atoms. The van der Waals surface area contributed by atoms with E-state index >= 15 is 0 Å². The van der Waals surface area contributed by atoms with Crippen molar-refractivity contribution in [1.82, 2.24) is 15.3 Å². The lowest BCUT2D eigenvalue weighted by Crippen LogP contribution is -2.30. The van der Waals surface area contributed by atoms with Crippen LogP contribution in [0.25, 0.3) is 0 Å². The number of aromatic nitrogens is 2. The van der Waals surface area contributed by atoms with Gasteiger partial charge in [-0.25, -0.2) is 9.97 Å². The minimum Gasteiger partial charge on any atom is -0.367 e. The predicted octanol–water partition coefficient (Wildman–Crippen LogP) is 2.36. The summed E-state index contributed by atoms with van der Waals surface area (Å²) in [5.41, 5.74) is 2.37. The standard InChI is InChI=1S/C17H25N3O/c1-17(7-2-8-21-17)16-19-11-13-9-12(3-6-15(13)20-16)10-18-14-4-5-14/h11-12,14,18H,2-10H2,1H3. The Morgan fingerprint density at radius 3 is 3.05 bits per heavy atom. The lowest BCUT2D eigenvalue weighted by Gasteiger charge is -2.27. The van der Waals surface area contributed by atoms with Crippen molar-refractivity contribution >= 4 is 0 Å². The van der Waals surface area contributed by atoms with Crippen LogP contribution in [0.1, 0.15) is 56.1 Å². The molecule has 0 amide bonds. The smallest absolute Gasteiger partial charge is 0.160 e. The highest BCUT2D eigenvalue weighted by Gasteiger charge is 2.35. The molecule has 1 saturated heterocycles. The number of nitrogens with one attached hydrogen (secondary N) is 1. The van der Waals surface area contributed by atoms with E-state index in [-0.39, 0.29) is 5.60 Å². The summed E-state index contributed by atoms with van der Waals surface area (Å²) < 4.78 is 5.88. The van der Waals surface area contributed by atoms with Crippen LogP contribution in [-0.4, -0.2) is 29.2 Å². The van der Waals surface area contributed by atoms with Crippen LogP contribution in [0.5, 0.6) is 0 Å². The molecule has 1 aromatic heterocycles. The van der Waals surface area contributed by atoms with E-state index in [2.05, 4.69) is 23.4 Å². The van der Waals surface area contributed by atoms with Crippen LogP contribution < -0.4 is 5.32 Å². The van der Waals surface area contributed by atoms with Gasteiger partial charge in [0.05, 0.1) is 0 Å². The summed E-state index contributed by atoms with van der Waals surface area (Å²) >= 11 is 0. The van der Waals surface area contributed by atoms with E-state index in [1.54, 1.807) is 0 Å². The van der Waals surface area contributed by atoms with E-state index in [9.17, 15) is 0 Å². The first-order valence-electron chi connectivity index (χ1n) is 8.45. The van der Waals surface area contributed by atoms with Gasteiger partial charge in [-0.15, -0.1) is 0 Å². The first-order valence-corrected chi connectivity index (χ1v) is 8.45. The van der Waals surface area contributed by atoms with Gasteiger partial charge in [-0.3, -0.25) is 0 Å². The maximum atomic E-state index is 5.88. The topological polar surface area (TPSA) is 47.0 Å². The molecule has 21 heavy (non-hydrogen) atoms. The fraction of sp³-hybridized carbons (Fsp3) is 0.765. The molecule has 114 valence electrons. The van der Waals surface area contributed by atoms with Crippen LogP contribution in [0.3, 0.4) is 0 Å². The highest BCUT2D eigenvalue weighted by atomic mass is 16.5. The highest BCUT2D eigenvalue weighted by molar-refractivity contribution is 5.23. The average molecular weight is 287 g/mol. The van der Waals surface area contributed by atoms with Crippen LogP contribution in [0.15, 0.2) is 6.20 Å². The van der Waals surface area contributed by atoms with Crippen molar-refractivity contribution < 1.29 is 4.74 Å². The van der Waals surface area contributed by atoms with Crippen molar-refractivity contribution in [1.29, 1.82) is 0 Å². The highest BCUT2D eigenvalue weighted by Crippen LogP contribution is 2.34. The first-order chi connectivity index (χ1) is 10.2. The van der Waals surface area contributed by atoms with E-state index in [0.717, 1.165) is 56.6 Å². The molecule has 0 bridgehead atoms. The van der Waals surface area contributed by atoms with Gasteiger partial charge >= 0.3 is 0 Å². The number of fused-ring (bicyclic) bond motifs is 1. The van der Waals surface area contributed by atoms with Crippen molar-refractivity contribution in [3.63, 3.8) is 0 Å². The quantitative estimate of drug-likeness (QED) is 0.923. The first kappa shape index (κ1) is 13.6. The fourth-order valence-corrected chi connectivity index (χ4v) is 3.59. The molecule has 0 aromatic carbocycles.